The van der Waals surface area contributed by atoms with Crippen LogP contribution in [-0.4, -0.2) is 24.4 Å². The van der Waals surface area contributed by atoms with Gasteiger partial charge in [0.25, 0.3) is 0 Å². The van der Waals surface area contributed by atoms with E-state index in [1.165, 1.54) is 12.1 Å². The van der Waals surface area contributed by atoms with E-state index in [0.29, 0.717) is 30.3 Å². The lowest BCUT2D eigenvalue weighted by atomic mass is 9.91. The molecule has 2 aliphatic rings. The van der Waals surface area contributed by atoms with Crippen molar-refractivity contribution >= 4 is 0 Å². The zero-order valence-electron chi connectivity index (χ0n) is 9.43. The lowest BCUT2D eigenvalue weighted by Gasteiger charge is -2.32. The van der Waals surface area contributed by atoms with E-state index in [0.717, 1.165) is 13.0 Å². The Kier molecular flexibility index (Phi) is 2.76. The fourth-order valence-electron chi connectivity index (χ4n) is 2.58. The van der Waals surface area contributed by atoms with Gasteiger partial charge in [-0.1, -0.05) is 0 Å². The van der Waals surface area contributed by atoms with Crippen molar-refractivity contribution in [2.75, 3.05) is 13.2 Å². The van der Waals surface area contributed by atoms with Gasteiger partial charge in [0.1, 0.15) is 17.7 Å². The Bertz CT molecular complexity index is 415. The molecule has 0 aromatic heterocycles. The minimum atomic E-state index is -0.639. The van der Waals surface area contributed by atoms with Crippen LogP contribution in [0.15, 0.2) is 18.2 Å². The number of rotatable bonds is 1. The molecular formula is C13H15FO3. The molecule has 1 aromatic carbocycles. The summed E-state index contributed by atoms with van der Waals surface area (Å²) in [6.45, 7) is 1.45. The molecule has 1 N–H and O–H groups in total. The van der Waals surface area contributed by atoms with E-state index < -0.39 is 6.10 Å². The lowest BCUT2D eigenvalue weighted by molar-refractivity contribution is 0.0299. The second-order valence-electron chi connectivity index (χ2n) is 4.71. The molecular weight excluding hydrogens is 223 g/mol. The van der Waals surface area contributed by atoms with Crippen LogP contribution in [0.1, 0.15) is 24.5 Å². The second-order valence-corrected chi connectivity index (χ2v) is 4.71. The molecule has 4 heteroatoms. The molecule has 0 spiro atoms. The van der Waals surface area contributed by atoms with Crippen LogP contribution in [0.5, 0.6) is 5.75 Å². The predicted octanol–water partition coefficient (Wildman–Crippen LogP) is 2.05. The minimum Gasteiger partial charge on any atom is -0.490 e. The molecule has 2 heterocycles. The summed E-state index contributed by atoms with van der Waals surface area (Å²) < 4.78 is 24.2. The molecule has 1 fully saturated rings. The van der Waals surface area contributed by atoms with Gasteiger partial charge in [-0.15, -0.1) is 0 Å². The highest BCUT2D eigenvalue weighted by Crippen LogP contribution is 2.38. The first-order valence-electron chi connectivity index (χ1n) is 5.96. The summed E-state index contributed by atoms with van der Waals surface area (Å²) in [4.78, 5) is 0. The molecule has 0 amide bonds. The number of benzene rings is 1. The summed E-state index contributed by atoms with van der Waals surface area (Å²) in [5.41, 5.74) is 0.556. The van der Waals surface area contributed by atoms with E-state index in [1.54, 1.807) is 6.07 Å². The smallest absolute Gasteiger partial charge is 0.125 e. The second kappa shape index (κ2) is 4.27. The maximum atomic E-state index is 13.1. The van der Waals surface area contributed by atoms with Crippen LogP contribution in [-0.2, 0) is 4.74 Å². The maximum absolute atomic E-state index is 13.1. The molecule has 0 radical (unpaired) electrons. The number of hydrogen-bond donors (Lipinski definition) is 1. The molecule has 0 bridgehead atoms. The molecule has 92 valence electrons. The van der Waals surface area contributed by atoms with Crippen LogP contribution < -0.4 is 4.74 Å². The molecule has 0 saturated carbocycles. The first-order chi connectivity index (χ1) is 8.24. The number of aliphatic hydroxyl groups is 1. The Morgan fingerprint density at radius 2 is 2.24 bits per heavy atom. The zero-order valence-corrected chi connectivity index (χ0v) is 9.43. The van der Waals surface area contributed by atoms with Crippen molar-refractivity contribution < 1.29 is 19.0 Å². The van der Waals surface area contributed by atoms with Gasteiger partial charge in [0, 0.05) is 24.5 Å². The highest BCUT2D eigenvalue weighted by Gasteiger charge is 2.34. The van der Waals surface area contributed by atoms with Gasteiger partial charge in [0.2, 0.25) is 0 Å². The van der Waals surface area contributed by atoms with Crippen molar-refractivity contribution in [3.8, 4) is 5.75 Å². The van der Waals surface area contributed by atoms with E-state index in [4.69, 9.17) is 9.47 Å². The van der Waals surface area contributed by atoms with E-state index in [1.807, 2.05) is 0 Å². The maximum Gasteiger partial charge on any atom is 0.125 e. The van der Waals surface area contributed by atoms with Gasteiger partial charge in [-0.05, 0) is 24.6 Å². The number of hydrogen-bond acceptors (Lipinski definition) is 3. The van der Waals surface area contributed by atoms with Crippen molar-refractivity contribution in [3.05, 3.63) is 29.6 Å². The summed E-state index contributed by atoms with van der Waals surface area (Å²) in [5.74, 6) is 0.596. The van der Waals surface area contributed by atoms with Gasteiger partial charge >= 0.3 is 0 Å². The summed E-state index contributed by atoms with van der Waals surface area (Å²) in [5, 5.41) is 10.0. The Morgan fingerprint density at radius 3 is 3.00 bits per heavy atom. The standard InChI is InChI=1S/C13H15FO3/c14-9-1-2-12-10(5-9)11(15)6-13(17-12)8-3-4-16-7-8/h1-2,5,8,11,13,15H,3-4,6-7H2. The number of fused-ring (bicyclic) bond motifs is 1. The van der Waals surface area contributed by atoms with Gasteiger partial charge in [-0.3, -0.25) is 0 Å². The van der Waals surface area contributed by atoms with Crippen LogP contribution in [0.3, 0.4) is 0 Å². The molecule has 3 nitrogen and oxygen atoms in total. The quantitative estimate of drug-likeness (QED) is 0.813. The first-order valence-corrected chi connectivity index (χ1v) is 5.96. The van der Waals surface area contributed by atoms with Crippen molar-refractivity contribution in [2.45, 2.75) is 25.0 Å². The van der Waals surface area contributed by atoms with Crippen molar-refractivity contribution in [2.24, 2.45) is 5.92 Å². The topological polar surface area (TPSA) is 38.7 Å². The van der Waals surface area contributed by atoms with Crippen LogP contribution in [0.2, 0.25) is 0 Å². The third kappa shape index (κ3) is 2.03. The van der Waals surface area contributed by atoms with Crippen molar-refractivity contribution in [1.82, 2.24) is 0 Å². The van der Waals surface area contributed by atoms with Crippen LogP contribution in [0.25, 0.3) is 0 Å². The van der Waals surface area contributed by atoms with Crippen molar-refractivity contribution in [1.29, 1.82) is 0 Å². The van der Waals surface area contributed by atoms with Crippen LogP contribution in [0, 0.1) is 11.7 Å². The number of halogens is 1. The highest BCUT2D eigenvalue weighted by atomic mass is 19.1. The first kappa shape index (κ1) is 11.0. The Balaban J connectivity index is 1.84. The molecule has 1 aromatic rings. The summed E-state index contributed by atoms with van der Waals surface area (Å²) in [7, 11) is 0. The number of ether oxygens (including phenoxy) is 2. The van der Waals surface area contributed by atoms with Gasteiger partial charge < -0.3 is 14.6 Å². The fraction of sp³-hybridized carbons (Fsp3) is 0.538. The Labute approximate surface area is 99.2 Å². The molecule has 0 aliphatic carbocycles. The fourth-order valence-corrected chi connectivity index (χ4v) is 2.58. The molecule has 3 unspecified atom stereocenters. The SMILES string of the molecule is OC1CC(C2CCOC2)Oc2ccc(F)cc21. The van der Waals surface area contributed by atoms with E-state index in [-0.39, 0.29) is 11.9 Å². The minimum absolute atomic E-state index is 0.0227. The number of aliphatic hydroxyl groups excluding tert-OH is 1. The molecule has 3 atom stereocenters. The van der Waals surface area contributed by atoms with Gasteiger partial charge in [-0.2, -0.15) is 0 Å². The van der Waals surface area contributed by atoms with E-state index in [9.17, 15) is 9.50 Å². The Hall–Kier alpha value is -1.13. The molecule has 1 saturated heterocycles. The molecule has 17 heavy (non-hydrogen) atoms. The third-order valence-corrected chi connectivity index (χ3v) is 3.56. The Morgan fingerprint density at radius 1 is 1.35 bits per heavy atom. The molecule has 3 rings (SSSR count). The highest BCUT2D eigenvalue weighted by molar-refractivity contribution is 5.37. The van der Waals surface area contributed by atoms with Crippen molar-refractivity contribution in [3.63, 3.8) is 0 Å². The summed E-state index contributed by atoms with van der Waals surface area (Å²) in [6, 6.07) is 4.30. The summed E-state index contributed by atoms with van der Waals surface area (Å²) >= 11 is 0. The average molecular weight is 238 g/mol. The predicted molar refractivity (Wildman–Crippen MR) is 59.3 cm³/mol. The largest absolute Gasteiger partial charge is 0.490 e. The third-order valence-electron chi connectivity index (χ3n) is 3.56. The van der Waals surface area contributed by atoms with E-state index in [2.05, 4.69) is 0 Å². The zero-order chi connectivity index (χ0) is 11.8. The van der Waals surface area contributed by atoms with Crippen LogP contribution >= 0.6 is 0 Å². The van der Waals surface area contributed by atoms with Crippen LogP contribution in [0.4, 0.5) is 4.39 Å². The monoisotopic (exact) mass is 238 g/mol. The van der Waals surface area contributed by atoms with Gasteiger partial charge in [0.15, 0.2) is 0 Å². The normalized spacial score (nSPS) is 32.0. The average Bonchev–Trinajstić information content (AvgIpc) is 2.83. The summed E-state index contributed by atoms with van der Waals surface area (Å²) in [6.07, 6.45) is 0.823. The molecule has 2 aliphatic heterocycles. The van der Waals surface area contributed by atoms with E-state index >= 15 is 0 Å². The van der Waals surface area contributed by atoms with Gasteiger partial charge in [-0.25, -0.2) is 4.39 Å². The lowest BCUT2D eigenvalue weighted by Crippen LogP contribution is -2.33. The van der Waals surface area contributed by atoms with Gasteiger partial charge in [0.05, 0.1) is 12.7 Å².